The summed E-state index contributed by atoms with van der Waals surface area (Å²) in [6.45, 7) is 2.14. The fraction of sp³-hybridized carbons (Fsp3) is 0.235. The molecule has 126 valence electrons. The highest BCUT2D eigenvalue weighted by Gasteiger charge is 2.19. The Morgan fingerprint density at radius 1 is 1.21 bits per heavy atom. The van der Waals surface area contributed by atoms with Gasteiger partial charge < -0.3 is 9.47 Å². The van der Waals surface area contributed by atoms with Crippen molar-refractivity contribution < 1.29 is 19.2 Å². The molecule has 24 heavy (non-hydrogen) atoms. The van der Waals surface area contributed by atoms with Gasteiger partial charge in [-0.15, -0.1) is 11.8 Å². The third kappa shape index (κ3) is 4.48. The summed E-state index contributed by atoms with van der Waals surface area (Å²) in [5, 5.41) is 11.1. The zero-order chi connectivity index (χ0) is 17.5. The summed E-state index contributed by atoms with van der Waals surface area (Å²) in [4.78, 5) is 23.7. The minimum Gasteiger partial charge on any atom is -0.487 e. The molecule has 0 saturated heterocycles. The highest BCUT2D eigenvalue weighted by molar-refractivity contribution is 7.98. The second kappa shape index (κ2) is 8.35. The number of esters is 1. The fourth-order valence-electron chi connectivity index (χ4n) is 2.02. The van der Waals surface area contributed by atoms with Crippen LogP contribution in [0.25, 0.3) is 0 Å². The molecule has 0 aromatic heterocycles. The van der Waals surface area contributed by atoms with E-state index in [4.69, 9.17) is 9.47 Å². The van der Waals surface area contributed by atoms with E-state index in [0.717, 1.165) is 10.5 Å². The molecular weight excluding hydrogens is 330 g/mol. The molecule has 0 atom stereocenters. The van der Waals surface area contributed by atoms with Crippen LogP contribution in [0.4, 0.5) is 5.69 Å². The molecule has 0 radical (unpaired) electrons. The predicted octanol–water partition coefficient (Wildman–Crippen LogP) is 4.07. The number of nitrogens with zero attached hydrogens (tertiary/aromatic N) is 1. The van der Waals surface area contributed by atoms with Crippen molar-refractivity contribution in [3.63, 3.8) is 0 Å². The minimum atomic E-state index is -0.616. The van der Waals surface area contributed by atoms with Crippen LogP contribution in [0.3, 0.4) is 0 Å². The second-order valence-electron chi connectivity index (χ2n) is 4.80. The van der Waals surface area contributed by atoms with Crippen LogP contribution in [0.5, 0.6) is 5.75 Å². The third-order valence-corrected chi connectivity index (χ3v) is 3.96. The van der Waals surface area contributed by atoms with Gasteiger partial charge in [0.05, 0.1) is 17.1 Å². The number of hydrogen-bond acceptors (Lipinski definition) is 6. The van der Waals surface area contributed by atoms with E-state index in [1.54, 1.807) is 18.7 Å². The van der Waals surface area contributed by atoms with Crippen molar-refractivity contribution in [2.45, 2.75) is 18.4 Å². The Morgan fingerprint density at radius 3 is 2.50 bits per heavy atom. The van der Waals surface area contributed by atoms with Gasteiger partial charge in [-0.25, -0.2) is 4.79 Å². The van der Waals surface area contributed by atoms with Crippen molar-refractivity contribution in [1.29, 1.82) is 0 Å². The average Bonchev–Trinajstić information content (AvgIpc) is 2.60. The first-order valence-electron chi connectivity index (χ1n) is 7.26. The van der Waals surface area contributed by atoms with Gasteiger partial charge in [-0.2, -0.15) is 0 Å². The van der Waals surface area contributed by atoms with E-state index in [1.165, 1.54) is 18.2 Å². The zero-order valence-corrected chi connectivity index (χ0v) is 14.2. The largest absolute Gasteiger partial charge is 0.487 e. The number of hydrogen-bond donors (Lipinski definition) is 0. The topological polar surface area (TPSA) is 78.7 Å². The monoisotopic (exact) mass is 347 g/mol. The average molecular weight is 347 g/mol. The lowest BCUT2D eigenvalue weighted by molar-refractivity contribution is -0.385. The van der Waals surface area contributed by atoms with E-state index >= 15 is 0 Å². The number of carbonyl (C=O) groups excluding carboxylic acids is 1. The first kappa shape index (κ1) is 17.8. The van der Waals surface area contributed by atoms with Crippen LogP contribution in [-0.4, -0.2) is 23.8 Å². The Morgan fingerprint density at radius 2 is 1.92 bits per heavy atom. The van der Waals surface area contributed by atoms with Crippen LogP contribution in [0.1, 0.15) is 22.8 Å². The number of thioether (sulfide) groups is 1. The quantitative estimate of drug-likeness (QED) is 0.325. The molecule has 0 aliphatic heterocycles. The van der Waals surface area contributed by atoms with Gasteiger partial charge in [0.2, 0.25) is 0 Å². The van der Waals surface area contributed by atoms with Crippen LogP contribution in [-0.2, 0) is 11.3 Å². The number of ether oxygens (including phenoxy) is 2. The summed E-state index contributed by atoms with van der Waals surface area (Å²) < 4.78 is 10.4. The Hall–Kier alpha value is -2.54. The molecule has 0 fully saturated rings. The smallest absolute Gasteiger partial charge is 0.338 e. The summed E-state index contributed by atoms with van der Waals surface area (Å²) in [5.74, 6) is -0.484. The highest BCUT2D eigenvalue weighted by Crippen LogP contribution is 2.28. The van der Waals surface area contributed by atoms with E-state index in [0.29, 0.717) is 6.61 Å². The number of carbonyl (C=O) groups is 1. The van der Waals surface area contributed by atoms with Crippen LogP contribution >= 0.6 is 11.8 Å². The molecule has 2 rings (SSSR count). The Kier molecular flexibility index (Phi) is 6.20. The fourth-order valence-corrected chi connectivity index (χ4v) is 2.43. The van der Waals surface area contributed by atoms with Crippen molar-refractivity contribution in [3.05, 3.63) is 63.7 Å². The van der Waals surface area contributed by atoms with E-state index in [-0.39, 0.29) is 23.6 Å². The van der Waals surface area contributed by atoms with Crippen LogP contribution in [0.15, 0.2) is 47.4 Å². The molecule has 0 amide bonds. The molecule has 0 spiro atoms. The van der Waals surface area contributed by atoms with Crippen molar-refractivity contribution in [1.82, 2.24) is 0 Å². The molecule has 7 heteroatoms. The SMILES string of the molecule is CCOc1ccc(C(=O)OCc2ccc(SC)cc2)cc1[N+](=O)[O-]. The predicted molar refractivity (Wildman–Crippen MR) is 91.6 cm³/mol. The van der Waals surface area contributed by atoms with Crippen molar-refractivity contribution in [2.75, 3.05) is 12.9 Å². The molecule has 0 saturated carbocycles. The Balaban J connectivity index is 2.08. The molecule has 6 nitrogen and oxygen atoms in total. The van der Waals surface area contributed by atoms with Crippen molar-refractivity contribution in [2.24, 2.45) is 0 Å². The lowest BCUT2D eigenvalue weighted by Crippen LogP contribution is -2.07. The summed E-state index contributed by atoms with van der Waals surface area (Å²) in [6.07, 6.45) is 1.98. The number of benzene rings is 2. The standard InChI is InChI=1S/C17H17NO5S/c1-3-22-16-9-6-13(10-15(16)18(20)21)17(19)23-11-12-4-7-14(24-2)8-5-12/h4-10H,3,11H2,1-2H3. The molecule has 0 unspecified atom stereocenters. The lowest BCUT2D eigenvalue weighted by atomic mass is 10.2. The summed E-state index contributed by atoms with van der Waals surface area (Å²) in [5.41, 5.74) is 0.711. The molecular formula is C17H17NO5S. The molecule has 0 N–H and O–H groups in total. The third-order valence-electron chi connectivity index (χ3n) is 3.22. The number of nitro groups is 1. The van der Waals surface area contributed by atoms with Gasteiger partial charge in [0.25, 0.3) is 0 Å². The number of rotatable bonds is 7. The molecule has 2 aromatic rings. The molecule has 2 aromatic carbocycles. The van der Waals surface area contributed by atoms with Crippen LogP contribution < -0.4 is 4.74 Å². The summed E-state index contributed by atoms with van der Waals surface area (Å²) in [6, 6.07) is 11.7. The van der Waals surface area contributed by atoms with Crippen LogP contribution in [0.2, 0.25) is 0 Å². The van der Waals surface area contributed by atoms with E-state index in [9.17, 15) is 14.9 Å². The van der Waals surface area contributed by atoms with Gasteiger partial charge in [0, 0.05) is 11.0 Å². The zero-order valence-electron chi connectivity index (χ0n) is 13.4. The van der Waals surface area contributed by atoms with Gasteiger partial charge in [0.15, 0.2) is 5.75 Å². The maximum atomic E-state index is 12.1. The highest BCUT2D eigenvalue weighted by atomic mass is 32.2. The molecule has 0 bridgehead atoms. The van der Waals surface area contributed by atoms with Crippen molar-refractivity contribution >= 4 is 23.4 Å². The molecule has 0 heterocycles. The van der Waals surface area contributed by atoms with Gasteiger partial charge in [-0.3, -0.25) is 10.1 Å². The summed E-state index contributed by atoms with van der Waals surface area (Å²) >= 11 is 1.62. The lowest BCUT2D eigenvalue weighted by Gasteiger charge is -2.08. The van der Waals surface area contributed by atoms with E-state index in [2.05, 4.69) is 0 Å². The first-order valence-corrected chi connectivity index (χ1v) is 8.49. The normalized spacial score (nSPS) is 10.2. The Labute approximate surface area is 143 Å². The van der Waals surface area contributed by atoms with Crippen LogP contribution in [0, 0.1) is 10.1 Å². The summed E-state index contributed by atoms with van der Waals surface area (Å²) in [7, 11) is 0. The second-order valence-corrected chi connectivity index (χ2v) is 5.68. The molecule has 0 aliphatic carbocycles. The maximum absolute atomic E-state index is 12.1. The minimum absolute atomic E-state index is 0.106. The number of nitro benzene ring substituents is 1. The van der Waals surface area contributed by atoms with Gasteiger partial charge in [0.1, 0.15) is 6.61 Å². The van der Waals surface area contributed by atoms with E-state index < -0.39 is 10.9 Å². The Bertz CT molecular complexity index is 730. The first-order chi connectivity index (χ1) is 11.5. The van der Waals surface area contributed by atoms with E-state index in [1.807, 2.05) is 30.5 Å². The van der Waals surface area contributed by atoms with Crippen molar-refractivity contribution in [3.8, 4) is 5.75 Å². The van der Waals surface area contributed by atoms with Gasteiger partial charge in [-0.1, -0.05) is 12.1 Å². The van der Waals surface area contributed by atoms with Gasteiger partial charge >= 0.3 is 11.7 Å². The molecule has 0 aliphatic rings. The maximum Gasteiger partial charge on any atom is 0.338 e. The van der Waals surface area contributed by atoms with Gasteiger partial charge in [-0.05, 0) is 43.0 Å².